The summed E-state index contributed by atoms with van der Waals surface area (Å²) in [7, 11) is 0. The number of nitrogens with one attached hydrogen (secondary N) is 1. The Morgan fingerprint density at radius 2 is 2.00 bits per heavy atom. The van der Waals surface area contributed by atoms with Gasteiger partial charge in [-0.2, -0.15) is 0 Å². The summed E-state index contributed by atoms with van der Waals surface area (Å²) < 4.78 is 5.52. The summed E-state index contributed by atoms with van der Waals surface area (Å²) >= 11 is 0. The monoisotopic (exact) mass is 282 g/mol. The van der Waals surface area contributed by atoms with E-state index >= 15 is 0 Å². The van der Waals surface area contributed by atoms with Crippen LogP contribution in [-0.4, -0.2) is 42.3 Å². The molecule has 1 aliphatic carbocycles. The summed E-state index contributed by atoms with van der Waals surface area (Å²) in [6.45, 7) is 8.62. The molecular formula is C16H30N2O2. The average molecular weight is 282 g/mol. The summed E-state index contributed by atoms with van der Waals surface area (Å²) in [5.74, 6) is 0.968. The van der Waals surface area contributed by atoms with Gasteiger partial charge >= 0.3 is 6.09 Å². The van der Waals surface area contributed by atoms with Crippen LogP contribution in [0.4, 0.5) is 4.79 Å². The van der Waals surface area contributed by atoms with Gasteiger partial charge in [0.1, 0.15) is 5.60 Å². The highest BCUT2D eigenvalue weighted by molar-refractivity contribution is 5.68. The van der Waals surface area contributed by atoms with Crippen molar-refractivity contribution < 1.29 is 9.53 Å². The fraction of sp³-hybridized carbons (Fsp3) is 0.938. The maximum absolute atomic E-state index is 12.3. The zero-order valence-electron chi connectivity index (χ0n) is 13.3. The van der Waals surface area contributed by atoms with E-state index in [2.05, 4.69) is 5.32 Å². The van der Waals surface area contributed by atoms with Gasteiger partial charge in [-0.15, -0.1) is 0 Å². The number of piperidine rings is 1. The van der Waals surface area contributed by atoms with Crippen LogP contribution < -0.4 is 5.32 Å². The van der Waals surface area contributed by atoms with Gasteiger partial charge in [0.15, 0.2) is 0 Å². The molecule has 0 radical (unpaired) electrons. The van der Waals surface area contributed by atoms with Crippen molar-refractivity contribution in [2.45, 2.75) is 70.9 Å². The number of hydrogen-bond acceptors (Lipinski definition) is 3. The molecule has 1 amide bonds. The molecule has 116 valence electrons. The van der Waals surface area contributed by atoms with Gasteiger partial charge in [-0.3, -0.25) is 0 Å². The smallest absolute Gasteiger partial charge is 0.410 e. The summed E-state index contributed by atoms with van der Waals surface area (Å²) in [4.78, 5) is 14.2. The lowest BCUT2D eigenvalue weighted by atomic mass is 10.0. The van der Waals surface area contributed by atoms with Gasteiger partial charge in [0, 0.05) is 19.1 Å². The molecule has 2 fully saturated rings. The maximum Gasteiger partial charge on any atom is 0.410 e. The Bertz CT molecular complexity index is 321. The minimum atomic E-state index is -0.404. The third-order valence-electron chi connectivity index (χ3n) is 4.06. The van der Waals surface area contributed by atoms with Gasteiger partial charge in [0.25, 0.3) is 0 Å². The highest BCUT2D eigenvalue weighted by Gasteiger charge is 2.30. The van der Waals surface area contributed by atoms with Crippen LogP contribution in [0.1, 0.15) is 59.3 Å². The van der Waals surface area contributed by atoms with Crippen LogP contribution >= 0.6 is 0 Å². The molecule has 4 nitrogen and oxygen atoms in total. The lowest BCUT2D eigenvalue weighted by Crippen LogP contribution is -2.50. The zero-order chi connectivity index (χ0) is 14.6. The van der Waals surface area contributed by atoms with E-state index in [-0.39, 0.29) is 6.09 Å². The van der Waals surface area contributed by atoms with E-state index in [1.54, 1.807) is 0 Å². The second kappa shape index (κ2) is 6.79. The van der Waals surface area contributed by atoms with E-state index < -0.39 is 5.60 Å². The molecule has 1 saturated heterocycles. The van der Waals surface area contributed by atoms with Crippen molar-refractivity contribution in [3.8, 4) is 0 Å². The number of likely N-dealkylation sites (tertiary alicyclic amines) is 1. The molecule has 2 aliphatic rings. The molecule has 1 atom stereocenters. The molecule has 0 spiro atoms. The molecule has 1 saturated carbocycles. The average Bonchev–Trinajstić information content (AvgIpc) is 3.17. The van der Waals surface area contributed by atoms with Crippen LogP contribution in [0.2, 0.25) is 0 Å². The van der Waals surface area contributed by atoms with Crippen LogP contribution in [-0.2, 0) is 4.74 Å². The van der Waals surface area contributed by atoms with E-state index in [0.717, 1.165) is 38.4 Å². The molecular weight excluding hydrogens is 252 g/mol. The Hall–Kier alpha value is -0.770. The maximum atomic E-state index is 12.3. The van der Waals surface area contributed by atoms with Crippen molar-refractivity contribution in [3.05, 3.63) is 0 Å². The molecule has 1 aliphatic heterocycles. The molecule has 4 heteroatoms. The van der Waals surface area contributed by atoms with Crippen molar-refractivity contribution in [1.29, 1.82) is 0 Å². The predicted molar refractivity (Wildman–Crippen MR) is 80.8 cm³/mol. The quantitative estimate of drug-likeness (QED) is 0.788. The molecule has 0 aromatic heterocycles. The molecule has 0 aromatic rings. The van der Waals surface area contributed by atoms with Crippen LogP contribution in [0, 0.1) is 5.92 Å². The topological polar surface area (TPSA) is 41.6 Å². The van der Waals surface area contributed by atoms with Crippen molar-refractivity contribution >= 4 is 6.09 Å². The van der Waals surface area contributed by atoms with Crippen LogP contribution in [0.15, 0.2) is 0 Å². The molecule has 0 aromatic carbocycles. The summed E-state index contributed by atoms with van der Waals surface area (Å²) in [5.41, 5.74) is -0.404. The van der Waals surface area contributed by atoms with Gasteiger partial charge in [-0.25, -0.2) is 4.79 Å². The third-order valence-corrected chi connectivity index (χ3v) is 4.06. The fourth-order valence-corrected chi connectivity index (χ4v) is 2.76. The Labute approximate surface area is 123 Å². The molecule has 20 heavy (non-hydrogen) atoms. The minimum absolute atomic E-state index is 0.147. The Morgan fingerprint density at radius 3 is 2.65 bits per heavy atom. The van der Waals surface area contributed by atoms with Crippen molar-refractivity contribution in [2.24, 2.45) is 5.92 Å². The molecule has 1 unspecified atom stereocenters. The van der Waals surface area contributed by atoms with Gasteiger partial charge in [-0.1, -0.05) is 12.8 Å². The number of carbonyl (C=O) groups is 1. The second-order valence-electron chi connectivity index (χ2n) is 7.26. The van der Waals surface area contributed by atoms with E-state index in [0.29, 0.717) is 6.04 Å². The van der Waals surface area contributed by atoms with Crippen molar-refractivity contribution in [1.82, 2.24) is 10.2 Å². The standard InChI is InChI=1S/C16H30N2O2/c1-16(2,3)20-15(19)18-11-5-4-6-14(18)12-17-10-9-13-7-8-13/h13-14,17H,4-12H2,1-3H3. The van der Waals surface area contributed by atoms with Crippen molar-refractivity contribution in [2.75, 3.05) is 19.6 Å². The number of ether oxygens (including phenoxy) is 1. The lowest BCUT2D eigenvalue weighted by Gasteiger charge is -2.37. The van der Waals surface area contributed by atoms with Gasteiger partial charge in [0.05, 0.1) is 0 Å². The minimum Gasteiger partial charge on any atom is -0.444 e. The van der Waals surface area contributed by atoms with E-state index in [9.17, 15) is 4.79 Å². The highest BCUT2D eigenvalue weighted by atomic mass is 16.6. The molecule has 1 N–H and O–H groups in total. The van der Waals surface area contributed by atoms with Crippen LogP contribution in [0.5, 0.6) is 0 Å². The zero-order valence-corrected chi connectivity index (χ0v) is 13.3. The van der Waals surface area contributed by atoms with E-state index in [1.807, 2.05) is 25.7 Å². The number of hydrogen-bond donors (Lipinski definition) is 1. The largest absolute Gasteiger partial charge is 0.444 e. The van der Waals surface area contributed by atoms with E-state index in [1.165, 1.54) is 25.7 Å². The first-order chi connectivity index (χ1) is 9.46. The molecule has 0 bridgehead atoms. The summed E-state index contributed by atoms with van der Waals surface area (Å²) in [6.07, 6.45) is 7.37. The SMILES string of the molecule is CC(C)(C)OC(=O)N1CCCCC1CNCCC1CC1. The lowest BCUT2D eigenvalue weighted by molar-refractivity contribution is 0.00997. The predicted octanol–water partition coefficient (Wildman–Crippen LogP) is 3.17. The van der Waals surface area contributed by atoms with Gasteiger partial charge in [0.2, 0.25) is 0 Å². The first kappa shape index (κ1) is 15.6. The summed E-state index contributed by atoms with van der Waals surface area (Å²) in [6, 6.07) is 0.304. The third kappa shape index (κ3) is 5.31. The second-order valence-corrected chi connectivity index (χ2v) is 7.26. The molecule has 2 rings (SSSR count). The van der Waals surface area contributed by atoms with Crippen molar-refractivity contribution in [3.63, 3.8) is 0 Å². The number of amides is 1. The number of carbonyl (C=O) groups excluding carboxylic acids is 1. The van der Waals surface area contributed by atoms with Gasteiger partial charge in [-0.05, 0) is 58.9 Å². The molecule has 1 heterocycles. The number of nitrogens with zero attached hydrogens (tertiary/aromatic N) is 1. The first-order valence-electron chi connectivity index (χ1n) is 8.16. The van der Waals surface area contributed by atoms with Crippen LogP contribution in [0.25, 0.3) is 0 Å². The fourth-order valence-electron chi connectivity index (χ4n) is 2.76. The van der Waals surface area contributed by atoms with Crippen LogP contribution in [0.3, 0.4) is 0 Å². The Morgan fingerprint density at radius 1 is 1.25 bits per heavy atom. The first-order valence-corrected chi connectivity index (χ1v) is 8.16. The summed E-state index contributed by atoms with van der Waals surface area (Å²) in [5, 5.41) is 3.52. The Kier molecular flexibility index (Phi) is 5.30. The normalized spacial score (nSPS) is 23.8. The van der Waals surface area contributed by atoms with E-state index in [4.69, 9.17) is 4.74 Å². The van der Waals surface area contributed by atoms with Gasteiger partial charge < -0.3 is 15.0 Å². The Balaban J connectivity index is 1.76. The highest BCUT2D eigenvalue weighted by Crippen LogP contribution is 2.31. The number of rotatable bonds is 5.